The second-order valence-electron chi connectivity index (χ2n) is 25.2. The maximum absolute atomic E-state index is 15.0. The number of fused-ring (bicyclic) bond motifs is 3. The van der Waals surface area contributed by atoms with Crippen molar-refractivity contribution in [3.05, 3.63) is 286 Å². The number of esters is 1. The average molecular weight is 1360 g/mol. The van der Waals surface area contributed by atoms with Crippen molar-refractivity contribution < 1.29 is 51.5 Å². The molecule has 0 aliphatic heterocycles. The zero-order valence-electron chi connectivity index (χ0n) is 55.6. The largest absolute Gasteiger partial charge is 0.490 e. The number of amides is 6. The van der Waals surface area contributed by atoms with Gasteiger partial charge in [0.1, 0.15) is 0 Å². The molecule has 9 N–H and O–H groups in total. The highest BCUT2D eigenvalue weighted by Crippen LogP contribution is 2.44. The van der Waals surface area contributed by atoms with Gasteiger partial charge in [0.25, 0.3) is 17.7 Å². The highest BCUT2D eigenvalue weighted by atomic mass is 19.4. The van der Waals surface area contributed by atoms with Crippen molar-refractivity contribution in [1.29, 1.82) is 0 Å². The molecule has 0 aliphatic rings. The number of anilines is 3. The number of carbonyl (C=O) groups excluding carboxylic acids is 7. The van der Waals surface area contributed by atoms with Crippen LogP contribution < -0.4 is 31.9 Å². The van der Waals surface area contributed by atoms with Crippen LogP contribution in [0.1, 0.15) is 88.3 Å². The summed E-state index contributed by atoms with van der Waals surface area (Å²) in [6.45, 7) is 10.0. The van der Waals surface area contributed by atoms with E-state index in [2.05, 4.69) is 61.8 Å². The Hall–Kier alpha value is -12.5. The Balaban J connectivity index is 0.891. The van der Waals surface area contributed by atoms with Crippen molar-refractivity contribution in [3.8, 4) is 0 Å². The van der Waals surface area contributed by atoms with E-state index in [1.807, 2.05) is 93.6 Å². The number of nitrogens with zero attached hydrogens (tertiary/aromatic N) is 3. The van der Waals surface area contributed by atoms with Crippen LogP contribution in [0, 0.1) is 20.8 Å². The number of halogens is 3. The molecule has 0 bridgehead atoms. The van der Waals surface area contributed by atoms with Crippen LogP contribution in [-0.2, 0) is 79.8 Å². The smallest absolute Gasteiger partial charge is 0.438 e. The summed E-state index contributed by atoms with van der Waals surface area (Å²) in [4.78, 5) is 124. The predicted molar refractivity (Wildman–Crippen MR) is 377 cm³/mol. The van der Waals surface area contributed by atoms with Crippen LogP contribution in [0.5, 0.6) is 0 Å². The standard InChI is InChI=1S/C78H69F3N12O8/c1-46-58(55-19-7-10-22-61(55)85-46)43-67(94)91-74(4,64-25-13-16-40-82-64)70(97)88-52-34-28-49(29-35-52)77(101-73(100)78(79,80)81,50-30-36-53(37-31-50)89-71(98)75(5,65-26-14-17-41-83-65)92-68(95)44-59-47(2)86-62-23-11-8-20-56(59)62)51-32-38-54(39-33-51)90-72(99)76(6,66-27-15-18-42-84-66)93-69(96)45-60-48(3)87-63-24-12-9-21-57(60)63/h7-42,85-87H,43-45H2,1-6H3,(H,88,97)(H,89,98)(H,90,99)(H,91,94)(H,92,95)(H,93,96)/t74-,75-,76-/m1/s1. The molecule has 6 aromatic heterocycles. The summed E-state index contributed by atoms with van der Waals surface area (Å²) < 4.78 is 50.9. The molecule has 6 amide bonds. The molecule has 0 saturated heterocycles. The van der Waals surface area contributed by atoms with E-state index in [1.54, 1.807) is 54.6 Å². The van der Waals surface area contributed by atoms with Gasteiger partial charge in [-0.25, -0.2) is 4.79 Å². The number of aromatic nitrogens is 6. The molecule has 0 radical (unpaired) electrons. The maximum Gasteiger partial charge on any atom is 0.490 e. The minimum Gasteiger partial charge on any atom is -0.438 e. The number of pyridine rings is 3. The number of hydrogen-bond acceptors (Lipinski definition) is 11. The molecule has 0 spiro atoms. The minimum atomic E-state index is -5.59. The van der Waals surface area contributed by atoms with Crippen LogP contribution in [0.3, 0.4) is 0 Å². The Morgan fingerprint density at radius 1 is 0.376 bits per heavy atom. The predicted octanol–water partition coefficient (Wildman–Crippen LogP) is 12.3. The van der Waals surface area contributed by atoms with Gasteiger partial charge in [-0.3, -0.25) is 43.7 Å². The van der Waals surface area contributed by atoms with Gasteiger partial charge in [-0.15, -0.1) is 0 Å². The third kappa shape index (κ3) is 13.9. The van der Waals surface area contributed by atoms with E-state index in [0.29, 0.717) is 0 Å². The van der Waals surface area contributed by atoms with Gasteiger partial charge < -0.3 is 51.6 Å². The van der Waals surface area contributed by atoms with E-state index >= 15 is 13.2 Å². The number of para-hydroxylation sites is 3. The molecule has 101 heavy (non-hydrogen) atoms. The molecule has 3 atom stereocenters. The zero-order chi connectivity index (χ0) is 71.4. The molecule has 20 nitrogen and oxygen atoms in total. The highest BCUT2D eigenvalue weighted by molar-refractivity contribution is 6.04. The molecule has 510 valence electrons. The summed E-state index contributed by atoms with van der Waals surface area (Å²) in [5, 5.41) is 19.7. The van der Waals surface area contributed by atoms with Crippen LogP contribution in [0.2, 0.25) is 0 Å². The number of aryl methyl sites for hydroxylation is 3. The lowest BCUT2D eigenvalue weighted by molar-refractivity contribution is -0.209. The molecular formula is C78H69F3N12O8. The van der Waals surface area contributed by atoms with E-state index in [0.717, 1.165) is 66.5 Å². The van der Waals surface area contributed by atoms with E-state index in [1.165, 1.54) is 112 Å². The van der Waals surface area contributed by atoms with Gasteiger partial charge >= 0.3 is 12.1 Å². The van der Waals surface area contributed by atoms with E-state index in [4.69, 9.17) is 4.74 Å². The minimum absolute atomic E-state index is 0.0917. The lowest BCUT2D eigenvalue weighted by Gasteiger charge is -2.36. The first-order valence-electron chi connectivity index (χ1n) is 32.3. The van der Waals surface area contributed by atoms with Crippen LogP contribution in [-0.4, -0.2) is 77.5 Å². The number of ether oxygens (including phenoxy) is 1. The van der Waals surface area contributed by atoms with Crippen LogP contribution >= 0.6 is 0 Å². The number of benzene rings is 6. The first-order chi connectivity index (χ1) is 48.4. The van der Waals surface area contributed by atoms with Crippen molar-refractivity contribution in [3.63, 3.8) is 0 Å². The number of carbonyl (C=O) groups is 7. The topological polar surface area (TPSA) is 287 Å². The SMILES string of the molecule is Cc1[nH]c2ccccc2c1CC(=O)N[C@@](C)(C(=O)Nc1ccc(C(OC(=O)C(F)(F)F)(c2ccc(NC(=O)[C@](C)(NC(=O)Cc3c(C)[nH]c4ccccc34)c3ccccn3)cc2)c2ccc(NC(=O)[C@](C)(NC(=O)Cc3c(C)[nH]c4ccccc34)c3ccccn3)cc2)cc1)c1ccccn1. The summed E-state index contributed by atoms with van der Waals surface area (Å²) in [6, 6.07) is 53.5. The fraction of sp³-hybridized carbons (Fsp3) is 0.179. The van der Waals surface area contributed by atoms with Gasteiger partial charge in [0.2, 0.25) is 17.7 Å². The van der Waals surface area contributed by atoms with Crippen LogP contribution in [0.4, 0.5) is 30.2 Å². The fourth-order valence-corrected chi connectivity index (χ4v) is 12.8. The van der Waals surface area contributed by atoms with E-state index in [-0.39, 0.29) is 70.1 Å². The number of H-pyrrole nitrogens is 3. The van der Waals surface area contributed by atoms with Gasteiger partial charge in [-0.05, 0) is 149 Å². The number of alkyl halides is 3. The van der Waals surface area contributed by atoms with Gasteiger partial charge in [-0.2, -0.15) is 13.2 Å². The lowest BCUT2D eigenvalue weighted by atomic mass is 9.79. The number of aromatic amines is 3. The maximum atomic E-state index is 15.0. The second-order valence-corrected chi connectivity index (χ2v) is 25.2. The third-order valence-corrected chi connectivity index (χ3v) is 18.3. The Morgan fingerprint density at radius 2 is 0.644 bits per heavy atom. The van der Waals surface area contributed by atoms with Crippen LogP contribution in [0.15, 0.2) is 219 Å². The quantitative estimate of drug-likeness (QED) is 0.0227. The summed E-state index contributed by atoms with van der Waals surface area (Å²) in [5.41, 5.74) is -0.513. The molecule has 6 aromatic carbocycles. The summed E-state index contributed by atoms with van der Waals surface area (Å²) in [5.74, 6) is -6.37. The van der Waals surface area contributed by atoms with E-state index in [9.17, 15) is 33.6 Å². The summed E-state index contributed by atoms with van der Waals surface area (Å²) in [6.07, 6.45) is -1.50. The molecule has 0 saturated carbocycles. The third-order valence-electron chi connectivity index (χ3n) is 18.3. The van der Waals surface area contributed by atoms with Gasteiger partial charge in [0.15, 0.2) is 22.2 Å². The molecule has 6 heterocycles. The monoisotopic (exact) mass is 1360 g/mol. The highest BCUT2D eigenvalue weighted by Gasteiger charge is 2.50. The lowest BCUT2D eigenvalue weighted by Crippen LogP contribution is -2.53. The van der Waals surface area contributed by atoms with Crippen molar-refractivity contribution in [2.24, 2.45) is 0 Å². The average Bonchev–Trinajstić information content (AvgIpc) is 1.58. The number of nitrogens with one attached hydrogen (secondary N) is 9. The van der Waals surface area contributed by atoms with E-state index < -0.39 is 69.8 Å². The summed E-state index contributed by atoms with van der Waals surface area (Å²) in [7, 11) is 0. The van der Waals surface area contributed by atoms with Crippen molar-refractivity contribution in [2.75, 3.05) is 16.0 Å². The Bertz CT molecular complexity index is 4640. The van der Waals surface area contributed by atoms with Crippen LogP contribution in [0.25, 0.3) is 32.7 Å². The fourth-order valence-electron chi connectivity index (χ4n) is 12.8. The van der Waals surface area contributed by atoms with Crippen molar-refractivity contribution >= 4 is 91.2 Å². The number of hydrogen-bond donors (Lipinski definition) is 9. The molecular weight excluding hydrogens is 1290 g/mol. The summed E-state index contributed by atoms with van der Waals surface area (Å²) >= 11 is 0. The second kappa shape index (κ2) is 27.8. The molecule has 0 fully saturated rings. The molecule has 23 heteroatoms. The molecule has 12 aromatic rings. The Labute approximate surface area is 577 Å². The Kier molecular flexibility index (Phi) is 18.8. The first kappa shape index (κ1) is 68.4. The molecule has 0 unspecified atom stereocenters. The van der Waals surface area contributed by atoms with Gasteiger partial charge in [0.05, 0.1) is 36.3 Å². The first-order valence-corrected chi connectivity index (χ1v) is 32.3. The molecule has 0 aliphatic carbocycles. The number of rotatable bonds is 22. The molecule has 12 rings (SSSR count). The zero-order valence-corrected chi connectivity index (χ0v) is 55.6. The van der Waals surface area contributed by atoms with Gasteiger partial charge in [0, 0.05) is 102 Å². The normalized spacial score (nSPS) is 13.4. The van der Waals surface area contributed by atoms with Gasteiger partial charge in [-0.1, -0.05) is 109 Å². The van der Waals surface area contributed by atoms with Crippen molar-refractivity contribution in [1.82, 2.24) is 45.9 Å². The van der Waals surface area contributed by atoms with Crippen molar-refractivity contribution in [2.45, 2.75) is 89.2 Å². The Morgan fingerprint density at radius 3 is 0.901 bits per heavy atom.